The number of ketones is 2. The van der Waals surface area contributed by atoms with Gasteiger partial charge in [-0.1, -0.05) is 32.3 Å². The Balaban J connectivity index is 1.53. The summed E-state index contributed by atoms with van der Waals surface area (Å²) >= 11 is 0. The standard InChI is InChI=1S/C26H38O4/c1-24(2,3)23(29)30-15-21(28)22-20(27)14-19-17-10-9-16-8-6-7-12-25(16,4)18(17)11-13-26(19,22)5/h14,16-18,22H,6-13,15H2,1-5H3/t16?,17-,18+,22-,25+,26+/m1/s1. The minimum Gasteiger partial charge on any atom is -0.457 e. The van der Waals surface area contributed by atoms with Gasteiger partial charge < -0.3 is 4.74 Å². The molecule has 0 amide bonds. The van der Waals surface area contributed by atoms with Crippen LogP contribution in [0.1, 0.15) is 86.0 Å². The minimum absolute atomic E-state index is 0.0686. The fourth-order valence-corrected chi connectivity index (χ4v) is 7.44. The first kappa shape index (κ1) is 21.8. The quantitative estimate of drug-likeness (QED) is 0.465. The summed E-state index contributed by atoms with van der Waals surface area (Å²) in [5.74, 6) is 0.509. The Hall–Kier alpha value is -1.45. The van der Waals surface area contributed by atoms with Crippen molar-refractivity contribution in [3.05, 3.63) is 11.6 Å². The number of carbonyl (C=O) groups is 3. The lowest BCUT2D eigenvalue weighted by atomic mass is 9.46. The van der Waals surface area contributed by atoms with E-state index in [-0.39, 0.29) is 18.2 Å². The molecule has 0 N–H and O–H groups in total. The predicted octanol–water partition coefficient (Wildman–Crippen LogP) is 5.29. The van der Waals surface area contributed by atoms with Gasteiger partial charge in [0.1, 0.15) is 0 Å². The van der Waals surface area contributed by atoms with E-state index in [0.29, 0.717) is 17.3 Å². The molecule has 3 saturated carbocycles. The smallest absolute Gasteiger partial charge is 0.311 e. The number of hydrogen-bond acceptors (Lipinski definition) is 4. The van der Waals surface area contributed by atoms with Crippen LogP contribution in [-0.4, -0.2) is 24.1 Å². The van der Waals surface area contributed by atoms with E-state index in [2.05, 4.69) is 13.8 Å². The first-order valence-corrected chi connectivity index (χ1v) is 11.9. The minimum atomic E-state index is -0.682. The number of fused-ring (bicyclic) bond motifs is 5. The normalized spacial score (nSPS) is 40.7. The Bertz CT molecular complexity index is 787. The maximum atomic E-state index is 13.1. The average Bonchev–Trinajstić information content (AvgIpc) is 2.94. The molecule has 0 saturated heterocycles. The zero-order chi connectivity index (χ0) is 21.9. The molecule has 0 heterocycles. The zero-order valence-corrected chi connectivity index (χ0v) is 19.4. The van der Waals surface area contributed by atoms with Gasteiger partial charge in [-0.15, -0.1) is 0 Å². The van der Waals surface area contributed by atoms with Gasteiger partial charge in [0.2, 0.25) is 0 Å². The maximum Gasteiger partial charge on any atom is 0.311 e. The van der Waals surface area contributed by atoms with Crippen LogP contribution in [0.4, 0.5) is 0 Å². The number of hydrogen-bond donors (Lipinski definition) is 0. The summed E-state index contributed by atoms with van der Waals surface area (Å²) in [7, 11) is 0. The molecule has 166 valence electrons. The molecule has 6 atom stereocenters. The van der Waals surface area contributed by atoms with Gasteiger partial charge in [0, 0.05) is 5.41 Å². The van der Waals surface area contributed by atoms with Crippen molar-refractivity contribution in [1.82, 2.24) is 0 Å². The van der Waals surface area contributed by atoms with Crippen molar-refractivity contribution in [2.75, 3.05) is 6.61 Å². The molecule has 4 heteroatoms. The van der Waals surface area contributed by atoms with E-state index in [9.17, 15) is 14.4 Å². The fourth-order valence-electron chi connectivity index (χ4n) is 7.44. The van der Waals surface area contributed by atoms with Crippen LogP contribution in [0.5, 0.6) is 0 Å². The summed E-state index contributed by atoms with van der Waals surface area (Å²) in [6, 6.07) is 0. The Morgan fingerprint density at radius 3 is 2.50 bits per heavy atom. The van der Waals surface area contributed by atoms with Crippen LogP contribution in [-0.2, 0) is 19.1 Å². The maximum absolute atomic E-state index is 13.1. The number of carbonyl (C=O) groups excluding carboxylic acids is 3. The summed E-state index contributed by atoms with van der Waals surface area (Å²) in [4.78, 5) is 38.2. The molecule has 30 heavy (non-hydrogen) atoms. The molecule has 4 rings (SSSR count). The van der Waals surface area contributed by atoms with E-state index >= 15 is 0 Å². The first-order valence-electron chi connectivity index (χ1n) is 11.9. The summed E-state index contributed by atoms with van der Waals surface area (Å²) in [5.41, 5.74) is 0.562. The Morgan fingerprint density at radius 1 is 1.07 bits per heavy atom. The number of esters is 1. The van der Waals surface area contributed by atoms with Crippen LogP contribution in [0.15, 0.2) is 11.6 Å². The SMILES string of the molecule is CC(C)(C)C(=O)OCC(=O)[C@H]1C(=O)C=C2[C@@H]3CCC4CCCC[C@]4(C)[C@H]3CC[C@@]21C. The molecular weight excluding hydrogens is 376 g/mol. The molecular formula is C26H38O4. The van der Waals surface area contributed by atoms with E-state index in [1.54, 1.807) is 20.8 Å². The highest BCUT2D eigenvalue weighted by atomic mass is 16.5. The number of ether oxygens (including phenoxy) is 1. The monoisotopic (exact) mass is 414 g/mol. The van der Waals surface area contributed by atoms with Gasteiger partial charge in [-0.25, -0.2) is 0 Å². The van der Waals surface area contributed by atoms with E-state index < -0.39 is 22.7 Å². The van der Waals surface area contributed by atoms with Crippen LogP contribution in [0.2, 0.25) is 0 Å². The van der Waals surface area contributed by atoms with Crippen LogP contribution < -0.4 is 0 Å². The Labute approximate surface area is 181 Å². The summed E-state index contributed by atoms with van der Waals surface area (Å²) in [6.45, 7) is 9.63. The van der Waals surface area contributed by atoms with E-state index in [1.807, 2.05) is 6.08 Å². The van der Waals surface area contributed by atoms with Gasteiger partial charge in [-0.2, -0.15) is 0 Å². The highest BCUT2D eigenvalue weighted by Crippen LogP contribution is 2.65. The largest absolute Gasteiger partial charge is 0.457 e. The average molecular weight is 415 g/mol. The lowest BCUT2D eigenvalue weighted by molar-refractivity contribution is -0.158. The number of rotatable bonds is 3. The second kappa shape index (κ2) is 7.31. The molecule has 0 radical (unpaired) electrons. The molecule has 0 aromatic heterocycles. The van der Waals surface area contributed by atoms with Crippen molar-refractivity contribution in [2.45, 2.75) is 86.0 Å². The predicted molar refractivity (Wildman–Crippen MR) is 116 cm³/mol. The molecule has 4 nitrogen and oxygen atoms in total. The molecule has 0 aromatic carbocycles. The second-order valence-electron chi connectivity index (χ2n) is 11.9. The van der Waals surface area contributed by atoms with Gasteiger partial charge >= 0.3 is 5.97 Å². The van der Waals surface area contributed by atoms with Gasteiger partial charge in [-0.05, 0) is 88.5 Å². The Kier molecular flexibility index (Phi) is 5.30. The Morgan fingerprint density at radius 2 is 1.80 bits per heavy atom. The fraction of sp³-hybridized carbons (Fsp3) is 0.808. The summed E-state index contributed by atoms with van der Waals surface area (Å²) in [6.07, 6.45) is 11.6. The zero-order valence-electron chi connectivity index (χ0n) is 19.4. The second-order valence-corrected chi connectivity index (χ2v) is 11.9. The van der Waals surface area contributed by atoms with E-state index in [0.717, 1.165) is 25.2 Å². The first-order chi connectivity index (χ1) is 14.0. The molecule has 0 bridgehead atoms. The molecule has 0 aromatic rings. The highest BCUT2D eigenvalue weighted by molar-refractivity contribution is 6.12. The van der Waals surface area contributed by atoms with Crippen molar-refractivity contribution in [1.29, 1.82) is 0 Å². The molecule has 3 fully saturated rings. The third-order valence-corrected chi connectivity index (χ3v) is 9.14. The van der Waals surface area contributed by atoms with Gasteiger partial charge in [0.05, 0.1) is 11.3 Å². The highest BCUT2D eigenvalue weighted by Gasteiger charge is 2.59. The van der Waals surface area contributed by atoms with Crippen molar-refractivity contribution in [3.8, 4) is 0 Å². The van der Waals surface area contributed by atoms with Crippen molar-refractivity contribution in [3.63, 3.8) is 0 Å². The molecule has 4 aliphatic carbocycles. The van der Waals surface area contributed by atoms with Gasteiger partial charge in [-0.3, -0.25) is 14.4 Å². The molecule has 0 spiro atoms. The third-order valence-electron chi connectivity index (χ3n) is 9.14. The van der Waals surface area contributed by atoms with Crippen molar-refractivity contribution in [2.24, 2.45) is 39.9 Å². The number of Topliss-reactive ketones (excluding diaryl/α,β-unsaturated/α-hetero) is 1. The van der Waals surface area contributed by atoms with E-state index in [1.165, 1.54) is 37.7 Å². The lowest BCUT2D eigenvalue weighted by Crippen LogP contribution is -2.51. The lowest BCUT2D eigenvalue weighted by Gasteiger charge is -2.58. The summed E-state index contributed by atoms with van der Waals surface area (Å²) < 4.78 is 5.28. The third kappa shape index (κ3) is 3.29. The van der Waals surface area contributed by atoms with Gasteiger partial charge in [0.25, 0.3) is 0 Å². The molecule has 0 aliphatic heterocycles. The van der Waals surface area contributed by atoms with Crippen LogP contribution in [0.3, 0.4) is 0 Å². The van der Waals surface area contributed by atoms with Crippen LogP contribution in [0, 0.1) is 39.9 Å². The molecule has 1 unspecified atom stereocenters. The van der Waals surface area contributed by atoms with Gasteiger partial charge in [0.15, 0.2) is 18.2 Å². The van der Waals surface area contributed by atoms with Crippen LogP contribution >= 0.6 is 0 Å². The van der Waals surface area contributed by atoms with Crippen LogP contribution in [0.25, 0.3) is 0 Å². The molecule has 4 aliphatic rings. The number of allylic oxidation sites excluding steroid dienone is 2. The van der Waals surface area contributed by atoms with E-state index in [4.69, 9.17) is 4.74 Å². The topological polar surface area (TPSA) is 60.4 Å². The summed E-state index contributed by atoms with van der Waals surface area (Å²) in [5, 5.41) is 0. The van der Waals surface area contributed by atoms with Crippen molar-refractivity contribution < 1.29 is 19.1 Å². The van der Waals surface area contributed by atoms with Crippen molar-refractivity contribution >= 4 is 17.5 Å².